The molecule has 1 aromatic heterocycles. The molecule has 1 aliphatic carbocycles. The van der Waals surface area contributed by atoms with Crippen LogP contribution in [0.25, 0.3) is 0 Å². The fourth-order valence-corrected chi connectivity index (χ4v) is 2.76. The van der Waals surface area contributed by atoms with Gasteiger partial charge in [-0.25, -0.2) is 4.98 Å². The Morgan fingerprint density at radius 2 is 2.06 bits per heavy atom. The minimum atomic E-state index is 0.0954. The Labute approximate surface area is 108 Å². The number of nitrogens with zero attached hydrogens (tertiary/aromatic N) is 1. The van der Waals surface area contributed by atoms with Gasteiger partial charge in [0.15, 0.2) is 5.78 Å². The number of aromatic nitrogens is 1. The Kier molecular flexibility index (Phi) is 3.97. The van der Waals surface area contributed by atoms with Gasteiger partial charge in [-0.1, -0.05) is 0 Å². The predicted molar refractivity (Wildman–Crippen MR) is 72.2 cm³/mol. The first-order valence-electron chi connectivity index (χ1n) is 6.58. The van der Waals surface area contributed by atoms with Crippen molar-refractivity contribution in [2.45, 2.75) is 32.6 Å². The molecule has 0 bridgehead atoms. The summed E-state index contributed by atoms with van der Waals surface area (Å²) < 4.78 is 0. The molecule has 0 aliphatic heterocycles. The van der Waals surface area contributed by atoms with Gasteiger partial charge in [-0.3, -0.25) is 4.79 Å². The molecular formula is C14H21N3O. The number of hydrogen-bond donors (Lipinski definition) is 2. The van der Waals surface area contributed by atoms with Crippen molar-refractivity contribution in [3.8, 4) is 0 Å². The lowest BCUT2D eigenvalue weighted by Crippen LogP contribution is -2.26. The van der Waals surface area contributed by atoms with Crippen LogP contribution >= 0.6 is 0 Å². The Bertz CT molecular complexity index is 416. The minimum Gasteiger partial charge on any atom is -0.383 e. The Morgan fingerprint density at radius 1 is 1.39 bits per heavy atom. The molecule has 1 heterocycles. The van der Waals surface area contributed by atoms with E-state index in [1.807, 2.05) is 13.0 Å². The van der Waals surface area contributed by atoms with E-state index in [1.54, 1.807) is 6.20 Å². The van der Waals surface area contributed by atoms with E-state index in [-0.39, 0.29) is 11.7 Å². The number of Topliss-reactive ketones (excluding diaryl/α,β-unsaturated/α-hetero) is 1. The van der Waals surface area contributed by atoms with Crippen LogP contribution in [0.15, 0.2) is 12.3 Å². The summed E-state index contributed by atoms with van der Waals surface area (Å²) in [5.74, 6) is 1.20. The maximum Gasteiger partial charge on any atom is 0.169 e. The van der Waals surface area contributed by atoms with E-state index < -0.39 is 0 Å². The standard InChI is InChI=1S/C14H21N3O/c1-9-6-7-17-14(16)12(9)13(18)11-4-2-10(8-15)3-5-11/h6-7,10-11H,2-5,8,15H2,1H3,(H2,16,17). The van der Waals surface area contributed by atoms with Crippen molar-refractivity contribution in [1.29, 1.82) is 0 Å². The van der Waals surface area contributed by atoms with Crippen LogP contribution < -0.4 is 11.5 Å². The highest BCUT2D eigenvalue weighted by atomic mass is 16.1. The molecular weight excluding hydrogens is 226 g/mol. The van der Waals surface area contributed by atoms with E-state index in [2.05, 4.69) is 4.98 Å². The number of hydrogen-bond acceptors (Lipinski definition) is 4. The normalized spacial score (nSPS) is 23.9. The van der Waals surface area contributed by atoms with Gasteiger partial charge < -0.3 is 11.5 Å². The molecule has 4 nitrogen and oxygen atoms in total. The van der Waals surface area contributed by atoms with Crippen molar-refractivity contribution >= 4 is 11.6 Å². The molecule has 0 spiro atoms. The topological polar surface area (TPSA) is 82.0 Å². The SMILES string of the molecule is Cc1ccnc(N)c1C(=O)C1CCC(CN)CC1. The highest BCUT2D eigenvalue weighted by molar-refractivity contribution is 6.02. The molecule has 1 aliphatic rings. The first-order chi connectivity index (χ1) is 8.63. The number of ketones is 1. The second-order valence-corrected chi connectivity index (χ2v) is 5.21. The predicted octanol–water partition coefficient (Wildman–Crippen LogP) is 1.92. The van der Waals surface area contributed by atoms with Crippen LogP contribution in [0.1, 0.15) is 41.6 Å². The van der Waals surface area contributed by atoms with Gasteiger partial charge in [-0.05, 0) is 56.7 Å². The molecule has 18 heavy (non-hydrogen) atoms. The van der Waals surface area contributed by atoms with Gasteiger partial charge in [0.25, 0.3) is 0 Å². The second-order valence-electron chi connectivity index (χ2n) is 5.21. The van der Waals surface area contributed by atoms with Crippen LogP contribution in [0.5, 0.6) is 0 Å². The smallest absolute Gasteiger partial charge is 0.169 e. The number of nitrogens with two attached hydrogens (primary N) is 2. The van der Waals surface area contributed by atoms with Gasteiger partial charge >= 0.3 is 0 Å². The quantitative estimate of drug-likeness (QED) is 0.799. The summed E-state index contributed by atoms with van der Waals surface area (Å²) in [7, 11) is 0. The molecule has 2 rings (SSSR count). The summed E-state index contributed by atoms with van der Waals surface area (Å²) in [4.78, 5) is 16.5. The summed E-state index contributed by atoms with van der Waals surface area (Å²) in [6.45, 7) is 2.64. The third-order valence-electron chi connectivity index (χ3n) is 3.99. The number of rotatable bonds is 3. The fourth-order valence-electron chi connectivity index (χ4n) is 2.76. The molecule has 1 saturated carbocycles. The monoisotopic (exact) mass is 247 g/mol. The van der Waals surface area contributed by atoms with Crippen molar-refractivity contribution in [1.82, 2.24) is 4.98 Å². The van der Waals surface area contributed by atoms with Crippen LogP contribution in [-0.4, -0.2) is 17.3 Å². The highest BCUT2D eigenvalue weighted by Crippen LogP contribution is 2.32. The van der Waals surface area contributed by atoms with E-state index in [0.717, 1.165) is 37.8 Å². The first kappa shape index (κ1) is 13.0. The third kappa shape index (κ3) is 2.53. The minimum absolute atomic E-state index is 0.0954. The van der Waals surface area contributed by atoms with Crippen molar-refractivity contribution in [2.75, 3.05) is 12.3 Å². The van der Waals surface area contributed by atoms with Crippen LogP contribution in [-0.2, 0) is 0 Å². The van der Waals surface area contributed by atoms with Crippen LogP contribution in [0.4, 0.5) is 5.82 Å². The van der Waals surface area contributed by atoms with E-state index in [9.17, 15) is 4.79 Å². The zero-order valence-corrected chi connectivity index (χ0v) is 10.9. The Morgan fingerprint density at radius 3 is 2.61 bits per heavy atom. The lowest BCUT2D eigenvalue weighted by molar-refractivity contribution is 0.0873. The van der Waals surface area contributed by atoms with Crippen molar-refractivity contribution in [2.24, 2.45) is 17.6 Å². The first-order valence-corrected chi connectivity index (χ1v) is 6.58. The van der Waals surface area contributed by atoms with Crippen LogP contribution in [0.3, 0.4) is 0 Å². The molecule has 0 unspecified atom stereocenters. The van der Waals surface area contributed by atoms with Crippen molar-refractivity contribution < 1.29 is 4.79 Å². The lowest BCUT2D eigenvalue weighted by Gasteiger charge is -2.27. The average molecular weight is 247 g/mol. The van der Waals surface area contributed by atoms with Gasteiger partial charge in [-0.2, -0.15) is 0 Å². The van der Waals surface area contributed by atoms with E-state index in [0.29, 0.717) is 17.3 Å². The molecule has 98 valence electrons. The molecule has 4 N–H and O–H groups in total. The largest absolute Gasteiger partial charge is 0.383 e. The summed E-state index contributed by atoms with van der Waals surface area (Å²) in [5, 5.41) is 0. The lowest BCUT2D eigenvalue weighted by atomic mass is 9.78. The molecule has 4 heteroatoms. The van der Waals surface area contributed by atoms with E-state index in [1.165, 1.54) is 0 Å². The van der Waals surface area contributed by atoms with Crippen molar-refractivity contribution in [3.63, 3.8) is 0 Å². The number of aryl methyl sites for hydroxylation is 1. The van der Waals surface area contributed by atoms with Gasteiger partial charge in [0.1, 0.15) is 5.82 Å². The zero-order chi connectivity index (χ0) is 13.1. The molecule has 0 radical (unpaired) electrons. The molecule has 0 saturated heterocycles. The van der Waals surface area contributed by atoms with E-state index in [4.69, 9.17) is 11.5 Å². The number of anilines is 1. The van der Waals surface area contributed by atoms with Gasteiger partial charge in [0.2, 0.25) is 0 Å². The summed E-state index contributed by atoms with van der Waals surface area (Å²) >= 11 is 0. The van der Waals surface area contributed by atoms with Crippen molar-refractivity contribution in [3.05, 3.63) is 23.4 Å². The van der Waals surface area contributed by atoms with Crippen LogP contribution in [0, 0.1) is 18.8 Å². The summed E-state index contributed by atoms with van der Waals surface area (Å²) in [5.41, 5.74) is 13.0. The Hall–Kier alpha value is -1.42. The van der Waals surface area contributed by atoms with Gasteiger partial charge in [-0.15, -0.1) is 0 Å². The molecule has 1 fully saturated rings. The number of pyridine rings is 1. The van der Waals surface area contributed by atoms with Gasteiger partial charge in [0.05, 0.1) is 5.56 Å². The van der Waals surface area contributed by atoms with Gasteiger partial charge in [0, 0.05) is 12.1 Å². The highest BCUT2D eigenvalue weighted by Gasteiger charge is 2.28. The number of carbonyl (C=O) groups is 1. The van der Waals surface area contributed by atoms with E-state index >= 15 is 0 Å². The maximum absolute atomic E-state index is 12.5. The average Bonchev–Trinajstić information content (AvgIpc) is 2.38. The Balaban J connectivity index is 2.13. The molecule has 0 aromatic carbocycles. The second kappa shape index (κ2) is 5.48. The molecule has 0 amide bonds. The van der Waals surface area contributed by atoms with Crippen LogP contribution in [0.2, 0.25) is 0 Å². The molecule has 0 atom stereocenters. The third-order valence-corrected chi connectivity index (χ3v) is 3.99. The maximum atomic E-state index is 12.5. The fraction of sp³-hybridized carbons (Fsp3) is 0.571. The number of nitrogen functional groups attached to an aromatic ring is 1. The molecule has 1 aromatic rings. The zero-order valence-electron chi connectivity index (χ0n) is 10.9. The number of carbonyl (C=O) groups excluding carboxylic acids is 1. The summed E-state index contributed by atoms with van der Waals surface area (Å²) in [6, 6.07) is 1.84. The summed E-state index contributed by atoms with van der Waals surface area (Å²) in [6.07, 6.45) is 5.59.